The van der Waals surface area contributed by atoms with E-state index < -0.39 is 5.97 Å². The molecular formula is C15H22N2O3. The van der Waals surface area contributed by atoms with E-state index in [-0.39, 0.29) is 18.4 Å². The average Bonchev–Trinajstić information content (AvgIpc) is 2.36. The molecule has 0 aromatic heterocycles. The Labute approximate surface area is 119 Å². The Balaban J connectivity index is 2.67. The second kappa shape index (κ2) is 7.53. The van der Waals surface area contributed by atoms with Crippen molar-refractivity contribution in [1.29, 1.82) is 0 Å². The molecule has 1 aromatic carbocycles. The fraction of sp³-hybridized carbons (Fsp3) is 0.467. The van der Waals surface area contributed by atoms with Gasteiger partial charge in [0.25, 0.3) is 0 Å². The van der Waals surface area contributed by atoms with Gasteiger partial charge < -0.3 is 15.3 Å². The van der Waals surface area contributed by atoms with E-state index in [2.05, 4.69) is 5.32 Å². The summed E-state index contributed by atoms with van der Waals surface area (Å²) in [4.78, 5) is 23.8. The van der Waals surface area contributed by atoms with E-state index in [0.29, 0.717) is 12.8 Å². The molecule has 1 amide bonds. The lowest BCUT2D eigenvalue weighted by Crippen LogP contribution is -2.35. The van der Waals surface area contributed by atoms with Gasteiger partial charge in [0.1, 0.15) is 0 Å². The first-order valence-corrected chi connectivity index (χ1v) is 6.63. The number of carboxylic acids is 1. The molecule has 1 atom stereocenters. The molecule has 5 nitrogen and oxygen atoms in total. The Hall–Kier alpha value is -2.04. The van der Waals surface area contributed by atoms with Crippen molar-refractivity contribution in [1.82, 2.24) is 5.32 Å². The van der Waals surface area contributed by atoms with Gasteiger partial charge in [-0.15, -0.1) is 0 Å². The van der Waals surface area contributed by atoms with Gasteiger partial charge in [-0.2, -0.15) is 0 Å². The highest BCUT2D eigenvalue weighted by molar-refractivity contribution is 5.73. The van der Waals surface area contributed by atoms with Crippen LogP contribution in [0.3, 0.4) is 0 Å². The van der Waals surface area contributed by atoms with E-state index in [1.54, 1.807) is 0 Å². The van der Waals surface area contributed by atoms with Crippen LogP contribution in [0, 0.1) is 0 Å². The zero-order chi connectivity index (χ0) is 15.1. The lowest BCUT2D eigenvalue weighted by Gasteiger charge is -2.18. The highest BCUT2D eigenvalue weighted by Gasteiger charge is 2.13. The third-order valence-corrected chi connectivity index (χ3v) is 3.05. The summed E-state index contributed by atoms with van der Waals surface area (Å²) in [6.07, 6.45) is 1.13. The second-order valence-electron chi connectivity index (χ2n) is 5.09. The molecule has 20 heavy (non-hydrogen) atoms. The minimum atomic E-state index is -0.844. The molecule has 1 rings (SSSR count). The van der Waals surface area contributed by atoms with Crippen LogP contribution in [0.2, 0.25) is 0 Å². The van der Waals surface area contributed by atoms with Gasteiger partial charge in [-0.3, -0.25) is 9.59 Å². The van der Waals surface area contributed by atoms with Crippen molar-refractivity contribution in [3.63, 3.8) is 0 Å². The number of hydrogen-bond donors (Lipinski definition) is 2. The third kappa shape index (κ3) is 5.73. The quantitative estimate of drug-likeness (QED) is 0.796. The van der Waals surface area contributed by atoms with Crippen molar-refractivity contribution in [2.45, 2.75) is 32.2 Å². The molecular weight excluding hydrogens is 256 g/mol. The molecule has 0 aliphatic carbocycles. The topological polar surface area (TPSA) is 69.6 Å². The largest absolute Gasteiger partial charge is 0.481 e. The van der Waals surface area contributed by atoms with Gasteiger partial charge in [0, 0.05) is 39.2 Å². The van der Waals surface area contributed by atoms with Crippen LogP contribution in [0.1, 0.15) is 25.3 Å². The Morgan fingerprint density at radius 2 is 1.85 bits per heavy atom. The molecule has 110 valence electrons. The maximum absolute atomic E-state index is 11.2. The van der Waals surface area contributed by atoms with Crippen LogP contribution in [-0.4, -0.2) is 37.1 Å². The molecule has 0 spiro atoms. The predicted octanol–water partition coefficient (Wildman–Crippen LogP) is 1.66. The molecule has 1 aromatic rings. The number of carboxylic acid groups (broad SMARTS) is 1. The van der Waals surface area contributed by atoms with E-state index in [1.165, 1.54) is 6.92 Å². The number of nitrogens with one attached hydrogen (secondary N) is 1. The molecule has 0 bridgehead atoms. The number of carbonyl (C=O) groups excluding carboxylic acids is 1. The van der Waals surface area contributed by atoms with Crippen molar-refractivity contribution >= 4 is 17.6 Å². The van der Waals surface area contributed by atoms with E-state index in [1.807, 2.05) is 43.3 Å². The van der Waals surface area contributed by atoms with E-state index in [9.17, 15) is 9.59 Å². The summed E-state index contributed by atoms with van der Waals surface area (Å²) in [5, 5.41) is 11.6. The van der Waals surface area contributed by atoms with Gasteiger partial charge in [-0.1, -0.05) is 12.1 Å². The zero-order valence-corrected chi connectivity index (χ0v) is 12.2. The molecule has 2 N–H and O–H groups in total. The fourth-order valence-corrected chi connectivity index (χ4v) is 2.03. The monoisotopic (exact) mass is 278 g/mol. The molecule has 0 heterocycles. The lowest BCUT2D eigenvalue weighted by atomic mass is 10.0. The summed E-state index contributed by atoms with van der Waals surface area (Å²) in [7, 11) is 3.95. The predicted molar refractivity (Wildman–Crippen MR) is 78.9 cm³/mol. The summed E-state index contributed by atoms with van der Waals surface area (Å²) in [5.41, 5.74) is 2.19. The Kier molecular flexibility index (Phi) is 6.03. The number of carbonyl (C=O) groups is 2. The number of aliphatic carboxylic acids is 1. The van der Waals surface area contributed by atoms with E-state index >= 15 is 0 Å². The smallest absolute Gasteiger partial charge is 0.303 e. The van der Waals surface area contributed by atoms with Gasteiger partial charge in [-0.05, 0) is 30.5 Å². The van der Waals surface area contributed by atoms with E-state index in [0.717, 1.165) is 11.3 Å². The number of anilines is 1. The van der Waals surface area contributed by atoms with Crippen molar-refractivity contribution < 1.29 is 14.7 Å². The van der Waals surface area contributed by atoms with Gasteiger partial charge in [0.05, 0.1) is 0 Å². The Bertz CT molecular complexity index is 455. The highest BCUT2D eigenvalue weighted by atomic mass is 16.4. The number of hydrogen-bond acceptors (Lipinski definition) is 3. The maximum Gasteiger partial charge on any atom is 0.303 e. The molecule has 0 aliphatic heterocycles. The van der Waals surface area contributed by atoms with Crippen LogP contribution in [0.15, 0.2) is 24.3 Å². The normalized spacial score (nSPS) is 11.8. The van der Waals surface area contributed by atoms with Crippen molar-refractivity contribution in [2.75, 3.05) is 19.0 Å². The molecule has 0 radical (unpaired) electrons. The first-order chi connectivity index (χ1) is 9.38. The first kappa shape index (κ1) is 16.0. The number of nitrogens with zero attached hydrogens (tertiary/aromatic N) is 1. The second-order valence-corrected chi connectivity index (χ2v) is 5.09. The fourth-order valence-electron chi connectivity index (χ4n) is 2.03. The lowest BCUT2D eigenvalue weighted by molar-refractivity contribution is -0.137. The molecule has 0 saturated carbocycles. The molecule has 0 fully saturated rings. The molecule has 0 saturated heterocycles. The standard InChI is InChI=1S/C15H22N2O3/c1-11(18)16-13(6-9-15(19)20)10-12-4-7-14(8-5-12)17(2)3/h4-5,7-8,13H,6,9-10H2,1-3H3,(H,16,18)(H,19,20). The van der Waals surface area contributed by atoms with Gasteiger partial charge in [-0.25, -0.2) is 0 Å². The summed E-state index contributed by atoms with van der Waals surface area (Å²) < 4.78 is 0. The van der Waals surface area contributed by atoms with Crippen LogP contribution in [-0.2, 0) is 16.0 Å². The minimum Gasteiger partial charge on any atom is -0.481 e. The first-order valence-electron chi connectivity index (χ1n) is 6.63. The Morgan fingerprint density at radius 1 is 1.25 bits per heavy atom. The molecule has 0 aliphatic rings. The van der Waals surface area contributed by atoms with E-state index in [4.69, 9.17) is 5.11 Å². The number of benzene rings is 1. The SMILES string of the molecule is CC(=O)NC(CCC(=O)O)Cc1ccc(N(C)C)cc1. The van der Waals surface area contributed by atoms with Crippen molar-refractivity contribution in [2.24, 2.45) is 0 Å². The summed E-state index contributed by atoms with van der Waals surface area (Å²) in [5.74, 6) is -0.978. The summed E-state index contributed by atoms with van der Waals surface area (Å²) >= 11 is 0. The van der Waals surface area contributed by atoms with Crippen molar-refractivity contribution in [3.8, 4) is 0 Å². The molecule has 1 unspecified atom stereocenters. The zero-order valence-electron chi connectivity index (χ0n) is 12.2. The minimum absolute atomic E-state index is 0.0563. The van der Waals surface area contributed by atoms with Gasteiger partial charge in [0.15, 0.2) is 0 Å². The number of rotatable bonds is 7. The van der Waals surface area contributed by atoms with Crippen LogP contribution in [0.5, 0.6) is 0 Å². The third-order valence-electron chi connectivity index (χ3n) is 3.05. The number of amides is 1. The van der Waals surface area contributed by atoms with Crippen LogP contribution in [0.25, 0.3) is 0 Å². The van der Waals surface area contributed by atoms with Gasteiger partial charge in [0.2, 0.25) is 5.91 Å². The highest BCUT2D eigenvalue weighted by Crippen LogP contribution is 2.14. The van der Waals surface area contributed by atoms with Crippen LogP contribution in [0.4, 0.5) is 5.69 Å². The Morgan fingerprint density at radius 3 is 2.30 bits per heavy atom. The maximum atomic E-state index is 11.2. The average molecular weight is 278 g/mol. The summed E-state index contributed by atoms with van der Waals surface area (Å²) in [6, 6.07) is 7.89. The summed E-state index contributed by atoms with van der Waals surface area (Å²) in [6.45, 7) is 1.45. The van der Waals surface area contributed by atoms with Gasteiger partial charge >= 0.3 is 5.97 Å². The van der Waals surface area contributed by atoms with Crippen molar-refractivity contribution in [3.05, 3.63) is 29.8 Å². The van der Waals surface area contributed by atoms with Crippen LogP contribution < -0.4 is 10.2 Å². The van der Waals surface area contributed by atoms with Crippen LogP contribution >= 0.6 is 0 Å². The molecule has 5 heteroatoms.